The maximum absolute atomic E-state index is 11.4. The third-order valence-electron chi connectivity index (χ3n) is 3.16. The summed E-state index contributed by atoms with van der Waals surface area (Å²) < 4.78 is 0. The molecule has 1 rings (SSSR count). The molecule has 1 aliphatic carbocycles. The highest BCUT2D eigenvalue weighted by molar-refractivity contribution is 5.73. The average molecular weight is 240 g/mol. The molecule has 2 atom stereocenters. The summed E-state index contributed by atoms with van der Waals surface area (Å²) in [5, 5.41) is 15.0. The van der Waals surface area contributed by atoms with Crippen molar-refractivity contribution < 1.29 is 9.90 Å². The summed E-state index contributed by atoms with van der Waals surface area (Å²) in [5.41, 5.74) is 0. The Bertz CT molecular complexity index is 254. The van der Waals surface area contributed by atoms with Crippen LogP contribution >= 0.6 is 0 Å². The van der Waals surface area contributed by atoms with E-state index in [2.05, 4.69) is 22.8 Å². The van der Waals surface area contributed by atoms with Crippen LogP contribution in [0.25, 0.3) is 0 Å². The first-order valence-electron chi connectivity index (χ1n) is 6.57. The molecule has 0 aromatic rings. The average Bonchev–Trinajstić information content (AvgIpc) is 2.37. The Hall–Kier alpha value is -1.03. The van der Waals surface area contributed by atoms with Crippen LogP contribution in [0.5, 0.6) is 0 Å². The van der Waals surface area contributed by atoms with Gasteiger partial charge in [-0.1, -0.05) is 19.1 Å². The predicted octanol–water partition coefficient (Wildman–Crippen LogP) is 1.80. The van der Waals surface area contributed by atoms with Crippen molar-refractivity contribution in [3.63, 3.8) is 0 Å². The van der Waals surface area contributed by atoms with Gasteiger partial charge in [0.25, 0.3) is 0 Å². The van der Waals surface area contributed by atoms with Gasteiger partial charge < -0.3 is 15.7 Å². The van der Waals surface area contributed by atoms with Crippen molar-refractivity contribution in [2.45, 2.75) is 45.1 Å². The zero-order valence-corrected chi connectivity index (χ0v) is 10.6. The Balaban J connectivity index is 2.02. The van der Waals surface area contributed by atoms with Gasteiger partial charge in [0, 0.05) is 13.1 Å². The molecule has 0 aromatic heterocycles. The largest absolute Gasteiger partial charge is 0.393 e. The van der Waals surface area contributed by atoms with Gasteiger partial charge in [0.2, 0.25) is 0 Å². The molecular weight excluding hydrogens is 216 g/mol. The molecule has 2 amide bonds. The molecule has 0 saturated carbocycles. The van der Waals surface area contributed by atoms with Gasteiger partial charge in [-0.3, -0.25) is 0 Å². The number of carbonyl (C=O) groups is 1. The number of rotatable bonds is 6. The van der Waals surface area contributed by atoms with E-state index in [1.54, 1.807) is 0 Å². The minimum Gasteiger partial charge on any atom is -0.393 e. The number of carbonyl (C=O) groups excluding carboxylic acids is 1. The maximum Gasteiger partial charge on any atom is 0.314 e. The van der Waals surface area contributed by atoms with Gasteiger partial charge in [-0.2, -0.15) is 0 Å². The van der Waals surface area contributed by atoms with E-state index >= 15 is 0 Å². The molecule has 0 aromatic carbocycles. The fourth-order valence-electron chi connectivity index (χ4n) is 1.90. The highest BCUT2D eigenvalue weighted by Crippen LogP contribution is 2.16. The van der Waals surface area contributed by atoms with E-state index < -0.39 is 0 Å². The lowest BCUT2D eigenvalue weighted by atomic mass is 9.94. The molecule has 98 valence electrons. The third-order valence-corrected chi connectivity index (χ3v) is 3.16. The summed E-state index contributed by atoms with van der Waals surface area (Å²) in [7, 11) is 0. The van der Waals surface area contributed by atoms with Crippen LogP contribution in [0.3, 0.4) is 0 Å². The lowest BCUT2D eigenvalue weighted by Crippen LogP contribution is -2.39. The minimum absolute atomic E-state index is 0.122. The second kappa shape index (κ2) is 8.12. The monoisotopic (exact) mass is 240 g/mol. The molecule has 17 heavy (non-hydrogen) atoms. The van der Waals surface area contributed by atoms with Crippen LogP contribution in [-0.4, -0.2) is 30.3 Å². The van der Waals surface area contributed by atoms with Crippen LogP contribution in [-0.2, 0) is 0 Å². The van der Waals surface area contributed by atoms with E-state index in [0.717, 1.165) is 32.2 Å². The first-order chi connectivity index (χ1) is 8.22. The topological polar surface area (TPSA) is 61.4 Å². The van der Waals surface area contributed by atoms with Gasteiger partial charge in [0.05, 0.1) is 6.10 Å². The Morgan fingerprint density at radius 1 is 1.47 bits per heavy atom. The van der Waals surface area contributed by atoms with Crippen LogP contribution in [0.1, 0.15) is 39.0 Å². The summed E-state index contributed by atoms with van der Waals surface area (Å²) in [6.07, 6.45) is 8.78. The number of hydrogen-bond donors (Lipinski definition) is 3. The first-order valence-corrected chi connectivity index (χ1v) is 6.57. The molecule has 0 spiro atoms. The zero-order valence-electron chi connectivity index (χ0n) is 10.6. The third kappa shape index (κ3) is 6.31. The Kier molecular flexibility index (Phi) is 6.70. The van der Waals surface area contributed by atoms with Gasteiger partial charge in [0.15, 0.2) is 0 Å². The summed E-state index contributed by atoms with van der Waals surface area (Å²) in [4.78, 5) is 11.4. The van der Waals surface area contributed by atoms with Gasteiger partial charge >= 0.3 is 6.03 Å². The molecule has 0 unspecified atom stereocenters. The van der Waals surface area contributed by atoms with Gasteiger partial charge in [-0.25, -0.2) is 4.79 Å². The molecule has 1 aliphatic rings. The molecule has 4 heteroatoms. The van der Waals surface area contributed by atoms with Crippen LogP contribution in [0.2, 0.25) is 0 Å². The van der Waals surface area contributed by atoms with E-state index in [9.17, 15) is 9.90 Å². The number of nitrogens with one attached hydrogen (secondary N) is 2. The second-order valence-corrected chi connectivity index (χ2v) is 4.64. The lowest BCUT2D eigenvalue weighted by molar-refractivity contribution is 0.160. The molecule has 0 fully saturated rings. The Labute approximate surface area is 103 Å². The number of aliphatic hydroxyl groups excluding tert-OH is 1. The summed E-state index contributed by atoms with van der Waals surface area (Å²) in [6, 6.07) is -0.122. The molecule has 0 bridgehead atoms. The minimum atomic E-state index is -0.307. The van der Waals surface area contributed by atoms with Gasteiger partial charge in [0.1, 0.15) is 0 Å². The number of amides is 2. The molecule has 0 aliphatic heterocycles. The summed E-state index contributed by atoms with van der Waals surface area (Å²) in [6.45, 7) is 3.21. The predicted molar refractivity (Wildman–Crippen MR) is 68.8 cm³/mol. The van der Waals surface area contributed by atoms with Crippen molar-refractivity contribution in [2.24, 2.45) is 5.92 Å². The number of aliphatic hydroxyl groups is 1. The standard InChI is InChI=1S/C13H24N2O2/c1-2-12(16)8-9-14-13(17)15-10-11-6-4-3-5-7-11/h3-4,11-12,16H,2,5-10H2,1H3,(H2,14,15,17)/t11-,12-/m0/s1. The second-order valence-electron chi connectivity index (χ2n) is 4.64. The first kappa shape index (κ1) is 14.0. The molecular formula is C13H24N2O2. The zero-order chi connectivity index (χ0) is 12.5. The summed E-state index contributed by atoms with van der Waals surface area (Å²) >= 11 is 0. The molecule has 4 nitrogen and oxygen atoms in total. The van der Waals surface area contributed by atoms with Crippen LogP contribution in [0.15, 0.2) is 12.2 Å². The molecule has 0 heterocycles. The van der Waals surface area contributed by atoms with E-state index in [4.69, 9.17) is 0 Å². The van der Waals surface area contributed by atoms with Crippen molar-refractivity contribution in [3.05, 3.63) is 12.2 Å². The SMILES string of the molecule is CC[C@H](O)CCNC(=O)NC[C@H]1CC=CCC1. The molecule has 0 saturated heterocycles. The Morgan fingerprint density at radius 2 is 2.29 bits per heavy atom. The van der Waals surface area contributed by atoms with Crippen molar-refractivity contribution in [2.75, 3.05) is 13.1 Å². The molecule has 0 radical (unpaired) electrons. The molecule has 3 N–H and O–H groups in total. The fourth-order valence-corrected chi connectivity index (χ4v) is 1.90. The normalized spacial score (nSPS) is 20.9. The van der Waals surface area contributed by atoms with Crippen LogP contribution < -0.4 is 10.6 Å². The smallest absolute Gasteiger partial charge is 0.314 e. The van der Waals surface area contributed by atoms with Crippen LogP contribution in [0, 0.1) is 5.92 Å². The van der Waals surface area contributed by atoms with Crippen molar-refractivity contribution in [1.82, 2.24) is 10.6 Å². The highest BCUT2D eigenvalue weighted by Gasteiger charge is 2.11. The quantitative estimate of drug-likeness (QED) is 0.620. The maximum atomic E-state index is 11.4. The van der Waals surface area contributed by atoms with E-state index in [1.165, 1.54) is 0 Å². The number of hydrogen-bond acceptors (Lipinski definition) is 2. The van der Waals surface area contributed by atoms with Crippen molar-refractivity contribution in [1.29, 1.82) is 0 Å². The number of urea groups is 1. The highest BCUT2D eigenvalue weighted by atomic mass is 16.3. The Morgan fingerprint density at radius 3 is 2.94 bits per heavy atom. The summed E-state index contributed by atoms with van der Waals surface area (Å²) in [5.74, 6) is 0.576. The van der Waals surface area contributed by atoms with E-state index in [0.29, 0.717) is 18.9 Å². The van der Waals surface area contributed by atoms with Crippen molar-refractivity contribution >= 4 is 6.03 Å². The van der Waals surface area contributed by atoms with Gasteiger partial charge in [-0.05, 0) is 38.0 Å². The van der Waals surface area contributed by atoms with E-state index in [-0.39, 0.29) is 12.1 Å². The number of allylic oxidation sites excluding steroid dienone is 2. The lowest BCUT2D eigenvalue weighted by Gasteiger charge is -2.18. The van der Waals surface area contributed by atoms with E-state index in [1.807, 2.05) is 6.92 Å². The fraction of sp³-hybridized carbons (Fsp3) is 0.769. The van der Waals surface area contributed by atoms with Crippen molar-refractivity contribution in [3.8, 4) is 0 Å². The van der Waals surface area contributed by atoms with Gasteiger partial charge in [-0.15, -0.1) is 0 Å². The van der Waals surface area contributed by atoms with Crippen LogP contribution in [0.4, 0.5) is 4.79 Å².